The van der Waals surface area contributed by atoms with Gasteiger partial charge in [0.05, 0.1) is 27.5 Å². The second-order valence-electron chi connectivity index (χ2n) is 7.31. The Morgan fingerprint density at radius 2 is 1.59 bits per heavy atom. The van der Waals surface area contributed by atoms with Gasteiger partial charge in [0.1, 0.15) is 5.75 Å². The van der Waals surface area contributed by atoms with Crippen molar-refractivity contribution in [3.05, 3.63) is 47.5 Å². The zero-order valence-electron chi connectivity index (χ0n) is 17.7. The Morgan fingerprint density at radius 1 is 1.00 bits per heavy atom. The van der Waals surface area contributed by atoms with E-state index in [0.29, 0.717) is 28.6 Å². The number of ether oxygens (including phenoxy) is 4. The van der Waals surface area contributed by atoms with Crippen LogP contribution in [0.4, 0.5) is 0 Å². The lowest BCUT2D eigenvalue weighted by Crippen LogP contribution is -2.24. The van der Waals surface area contributed by atoms with Crippen LogP contribution < -0.4 is 24.4 Å². The SMILES string of the molecule is COc1cc(/C=N/NC(=O)COc2ccc(C(C)(C)C)cc2)cc(OC)c1OC. The maximum atomic E-state index is 12.0. The lowest BCUT2D eigenvalue weighted by Gasteiger charge is -2.19. The first kappa shape index (κ1) is 22.1. The summed E-state index contributed by atoms with van der Waals surface area (Å²) in [4.78, 5) is 12.0. The molecule has 29 heavy (non-hydrogen) atoms. The molecule has 7 nitrogen and oxygen atoms in total. The van der Waals surface area contributed by atoms with Crippen LogP contribution in [0.5, 0.6) is 23.0 Å². The number of nitrogens with one attached hydrogen (secondary N) is 1. The summed E-state index contributed by atoms with van der Waals surface area (Å²) >= 11 is 0. The van der Waals surface area contributed by atoms with Gasteiger partial charge in [-0.05, 0) is 35.2 Å². The van der Waals surface area contributed by atoms with Crippen molar-refractivity contribution in [3.8, 4) is 23.0 Å². The highest BCUT2D eigenvalue weighted by atomic mass is 16.5. The van der Waals surface area contributed by atoms with Gasteiger partial charge in [0, 0.05) is 5.56 Å². The molecule has 2 aromatic carbocycles. The van der Waals surface area contributed by atoms with Gasteiger partial charge >= 0.3 is 0 Å². The molecule has 0 fully saturated rings. The monoisotopic (exact) mass is 400 g/mol. The predicted molar refractivity (Wildman–Crippen MR) is 112 cm³/mol. The highest BCUT2D eigenvalue weighted by molar-refractivity contribution is 5.84. The van der Waals surface area contributed by atoms with E-state index in [2.05, 4.69) is 31.3 Å². The Kier molecular flexibility index (Phi) is 7.47. The number of nitrogens with zero attached hydrogens (tertiary/aromatic N) is 1. The van der Waals surface area contributed by atoms with Gasteiger partial charge in [-0.1, -0.05) is 32.9 Å². The highest BCUT2D eigenvalue weighted by Crippen LogP contribution is 2.37. The van der Waals surface area contributed by atoms with E-state index in [0.717, 1.165) is 0 Å². The Morgan fingerprint density at radius 3 is 2.07 bits per heavy atom. The number of hydrogen-bond acceptors (Lipinski definition) is 6. The number of benzene rings is 2. The van der Waals surface area contributed by atoms with Crippen molar-refractivity contribution in [3.63, 3.8) is 0 Å². The first-order valence-corrected chi connectivity index (χ1v) is 9.13. The molecule has 0 unspecified atom stereocenters. The molecule has 0 aromatic heterocycles. The molecule has 0 atom stereocenters. The fourth-order valence-corrected chi connectivity index (χ4v) is 2.59. The molecule has 7 heteroatoms. The highest BCUT2D eigenvalue weighted by Gasteiger charge is 2.14. The summed E-state index contributed by atoms with van der Waals surface area (Å²) in [6.07, 6.45) is 1.49. The number of carbonyl (C=O) groups excluding carboxylic acids is 1. The lowest BCUT2D eigenvalue weighted by molar-refractivity contribution is -0.123. The normalized spacial score (nSPS) is 11.2. The summed E-state index contributed by atoms with van der Waals surface area (Å²) in [7, 11) is 4.60. The number of carbonyl (C=O) groups is 1. The van der Waals surface area contributed by atoms with Crippen molar-refractivity contribution in [2.45, 2.75) is 26.2 Å². The zero-order valence-corrected chi connectivity index (χ0v) is 17.7. The lowest BCUT2D eigenvalue weighted by atomic mass is 9.87. The summed E-state index contributed by atoms with van der Waals surface area (Å²) in [5, 5.41) is 3.95. The topological polar surface area (TPSA) is 78.4 Å². The molecular weight excluding hydrogens is 372 g/mol. The molecule has 1 N–H and O–H groups in total. The quantitative estimate of drug-likeness (QED) is 0.542. The fraction of sp³-hybridized carbons (Fsp3) is 0.364. The molecule has 1 amide bonds. The van der Waals surface area contributed by atoms with E-state index in [1.165, 1.54) is 33.1 Å². The second kappa shape index (κ2) is 9.82. The standard InChI is InChI=1S/C22H28N2O5/c1-22(2,3)16-7-9-17(10-8-16)29-14-20(25)24-23-13-15-11-18(26-4)21(28-6)19(12-15)27-5/h7-13H,14H2,1-6H3,(H,24,25)/b23-13+. The van der Waals surface area contributed by atoms with Crippen molar-refractivity contribution >= 4 is 12.1 Å². The second-order valence-corrected chi connectivity index (χ2v) is 7.31. The third-order valence-electron chi connectivity index (χ3n) is 4.18. The van der Waals surface area contributed by atoms with Crippen LogP contribution in [0.15, 0.2) is 41.5 Å². The van der Waals surface area contributed by atoms with E-state index in [9.17, 15) is 4.79 Å². The van der Waals surface area contributed by atoms with Crippen LogP contribution in [0.1, 0.15) is 31.9 Å². The average molecular weight is 400 g/mol. The van der Waals surface area contributed by atoms with Crippen molar-refractivity contribution in [2.24, 2.45) is 5.10 Å². The molecule has 2 rings (SSSR count). The minimum atomic E-state index is -0.367. The van der Waals surface area contributed by atoms with Crippen molar-refractivity contribution in [1.82, 2.24) is 5.43 Å². The first-order chi connectivity index (χ1) is 13.8. The van der Waals surface area contributed by atoms with E-state index >= 15 is 0 Å². The van der Waals surface area contributed by atoms with Crippen molar-refractivity contribution < 1.29 is 23.7 Å². The molecule has 2 aromatic rings. The van der Waals surface area contributed by atoms with Gasteiger partial charge < -0.3 is 18.9 Å². The summed E-state index contributed by atoms with van der Waals surface area (Å²) in [6, 6.07) is 11.2. The number of methoxy groups -OCH3 is 3. The Bertz CT molecular complexity index is 829. The van der Waals surface area contributed by atoms with E-state index in [4.69, 9.17) is 18.9 Å². The molecule has 156 valence electrons. The Balaban J connectivity index is 1.93. The van der Waals surface area contributed by atoms with Gasteiger partial charge in [0.15, 0.2) is 18.1 Å². The van der Waals surface area contributed by atoms with Crippen molar-refractivity contribution in [2.75, 3.05) is 27.9 Å². The van der Waals surface area contributed by atoms with Crippen LogP contribution in [0, 0.1) is 0 Å². The summed E-state index contributed by atoms with van der Waals surface area (Å²) in [6.45, 7) is 6.29. The van der Waals surface area contributed by atoms with E-state index in [1.54, 1.807) is 12.1 Å². The predicted octanol–water partition coefficient (Wildman–Crippen LogP) is 3.54. The fourth-order valence-electron chi connectivity index (χ4n) is 2.59. The third kappa shape index (κ3) is 6.14. The van der Waals surface area contributed by atoms with Gasteiger partial charge in [-0.25, -0.2) is 5.43 Å². The van der Waals surface area contributed by atoms with E-state index in [-0.39, 0.29) is 17.9 Å². The molecule has 0 bridgehead atoms. The molecule has 0 heterocycles. The average Bonchev–Trinajstić information content (AvgIpc) is 2.71. The van der Waals surface area contributed by atoms with Crippen LogP contribution in [0.2, 0.25) is 0 Å². The molecule has 0 aliphatic rings. The number of rotatable bonds is 8. The summed E-state index contributed by atoms with van der Waals surface area (Å²) in [5.74, 6) is 1.75. The number of hydrazone groups is 1. The smallest absolute Gasteiger partial charge is 0.277 e. The van der Waals surface area contributed by atoms with Crippen LogP contribution in [0.25, 0.3) is 0 Å². The van der Waals surface area contributed by atoms with Gasteiger partial charge in [-0.3, -0.25) is 4.79 Å². The maximum Gasteiger partial charge on any atom is 0.277 e. The van der Waals surface area contributed by atoms with Gasteiger partial charge in [-0.15, -0.1) is 0 Å². The van der Waals surface area contributed by atoms with Crippen LogP contribution >= 0.6 is 0 Å². The molecular formula is C22H28N2O5. The van der Waals surface area contributed by atoms with Crippen molar-refractivity contribution in [1.29, 1.82) is 0 Å². The summed E-state index contributed by atoms with van der Waals surface area (Å²) < 4.78 is 21.4. The molecule has 0 spiro atoms. The van der Waals surface area contributed by atoms with Crippen LogP contribution in [-0.2, 0) is 10.2 Å². The van der Waals surface area contributed by atoms with Crippen LogP contribution in [-0.4, -0.2) is 40.1 Å². The van der Waals surface area contributed by atoms with Gasteiger partial charge in [0.25, 0.3) is 5.91 Å². The minimum absolute atomic E-state index is 0.0669. The molecule has 0 aliphatic heterocycles. The molecule has 0 saturated carbocycles. The van der Waals surface area contributed by atoms with Crippen LogP contribution in [0.3, 0.4) is 0 Å². The minimum Gasteiger partial charge on any atom is -0.493 e. The largest absolute Gasteiger partial charge is 0.493 e. The first-order valence-electron chi connectivity index (χ1n) is 9.13. The molecule has 0 radical (unpaired) electrons. The Hall–Kier alpha value is -3.22. The zero-order chi connectivity index (χ0) is 21.4. The number of amides is 1. The summed E-state index contributed by atoms with van der Waals surface area (Å²) in [5.41, 5.74) is 4.38. The van der Waals surface area contributed by atoms with E-state index < -0.39 is 0 Å². The molecule has 0 saturated heterocycles. The number of hydrogen-bond donors (Lipinski definition) is 1. The third-order valence-corrected chi connectivity index (χ3v) is 4.18. The molecule has 0 aliphatic carbocycles. The van der Waals surface area contributed by atoms with E-state index in [1.807, 2.05) is 24.3 Å². The maximum absolute atomic E-state index is 12.0. The Labute approximate surface area is 171 Å². The van der Waals surface area contributed by atoms with Gasteiger partial charge in [-0.2, -0.15) is 5.10 Å². The van der Waals surface area contributed by atoms with Gasteiger partial charge in [0.2, 0.25) is 5.75 Å².